The van der Waals surface area contributed by atoms with E-state index in [1.165, 1.54) is 25.0 Å². The fourth-order valence-corrected chi connectivity index (χ4v) is 10.5. The van der Waals surface area contributed by atoms with Crippen LogP contribution in [0.2, 0.25) is 0 Å². The average Bonchev–Trinajstić information content (AvgIpc) is 3.65. The van der Waals surface area contributed by atoms with Crippen molar-refractivity contribution in [3.8, 4) is 17.2 Å². The first-order chi connectivity index (χ1) is 25.6. The second kappa shape index (κ2) is 17.4. The second-order valence-corrected chi connectivity index (χ2v) is 17.4. The van der Waals surface area contributed by atoms with Crippen LogP contribution in [0, 0.1) is 27.9 Å². The van der Waals surface area contributed by atoms with Crippen molar-refractivity contribution in [2.24, 2.45) is 22.9 Å². The molecule has 53 heavy (non-hydrogen) atoms. The number of nitrogens with zero attached hydrogens (tertiary/aromatic N) is 2. The summed E-state index contributed by atoms with van der Waals surface area (Å²) in [5.41, 5.74) is 2.51. The van der Waals surface area contributed by atoms with E-state index in [-0.39, 0.29) is 47.8 Å². The molecule has 0 spiro atoms. The minimum absolute atomic E-state index is 0.0398. The Morgan fingerprint density at radius 3 is 2.49 bits per heavy atom. The molecule has 2 saturated carbocycles. The van der Waals surface area contributed by atoms with Gasteiger partial charge < -0.3 is 29.3 Å². The quantitative estimate of drug-likeness (QED) is 0.0703. The zero-order valence-electron chi connectivity index (χ0n) is 31.4. The van der Waals surface area contributed by atoms with E-state index in [9.17, 15) is 20.3 Å². The summed E-state index contributed by atoms with van der Waals surface area (Å²) in [4.78, 5) is 17.3. The zero-order chi connectivity index (χ0) is 37.6. The van der Waals surface area contributed by atoms with Crippen molar-refractivity contribution < 1.29 is 34.2 Å². The predicted molar refractivity (Wildman–Crippen MR) is 209 cm³/mol. The third kappa shape index (κ3) is 8.96. The third-order valence-electron chi connectivity index (χ3n) is 11.0. The molecular formula is C42H56N2O8S. The number of benzene rings is 2. The first kappa shape index (κ1) is 39.3. The lowest BCUT2D eigenvalue weighted by molar-refractivity contribution is -0.384. The number of nitro groups is 1. The minimum atomic E-state index is -1.01. The van der Waals surface area contributed by atoms with Gasteiger partial charge in [0.05, 0.1) is 34.5 Å². The van der Waals surface area contributed by atoms with Crippen molar-refractivity contribution in [1.29, 1.82) is 0 Å². The van der Waals surface area contributed by atoms with Crippen LogP contribution in [0.4, 0.5) is 5.69 Å². The summed E-state index contributed by atoms with van der Waals surface area (Å²) in [5, 5.41) is 36.5. The molecule has 6 unspecified atom stereocenters. The highest BCUT2D eigenvalue weighted by Gasteiger charge is 2.64. The summed E-state index contributed by atoms with van der Waals surface area (Å²) in [6.45, 7) is 10.7. The van der Waals surface area contributed by atoms with Gasteiger partial charge in [-0.25, -0.2) is 0 Å². The number of ether oxygens (including phenoxy) is 3. The van der Waals surface area contributed by atoms with Crippen molar-refractivity contribution in [1.82, 2.24) is 0 Å². The van der Waals surface area contributed by atoms with Crippen molar-refractivity contribution in [2.75, 3.05) is 19.8 Å². The van der Waals surface area contributed by atoms with E-state index in [0.29, 0.717) is 36.2 Å². The van der Waals surface area contributed by atoms with Gasteiger partial charge in [0.15, 0.2) is 0 Å². The first-order valence-electron chi connectivity index (χ1n) is 19.4. The fourth-order valence-electron chi connectivity index (χ4n) is 8.75. The predicted octanol–water partition coefficient (Wildman–Crippen LogP) is 9.50. The van der Waals surface area contributed by atoms with Crippen LogP contribution >= 0.6 is 11.8 Å². The second-order valence-electron chi connectivity index (χ2n) is 15.8. The Balaban J connectivity index is 1.54. The van der Waals surface area contributed by atoms with Crippen LogP contribution in [-0.2, 0) is 9.57 Å². The summed E-state index contributed by atoms with van der Waals surface area (Å²) >= 11 is 1.97. The van der Waals surface area contributed by atoms with Gasteiger partial charge in [-0.05, 0) is 101 Å². The van der Waals surface area contributed by atoms with Crippen molar-refractivity contribution in [3.05, 3.63) is 82.4 Å². The van der Waals surface area contributed by atoms with Crippen molar-refractivity contribution >= 4 is 23.2 Å². The molecule has 4 aliphatic rings. The largest absolute Gasteiger partial charge is 0.460 e. The van der Waals surface area contributed by atoms with Crippen LogP contribution in [0.15, 0.2) is 71.9 Å². The van der Waals surface area contributed by atoms with E-state index in [1.54, 1.807) is 18.2 Å². The number of aliphatic hydroxyl groups excluding tert-OH is 2. The molecule has 0 amide bonds. The molecule has 0 bridgehead atoms. The molecule has 0 aromatic heterocycles. The van der Waals surface area contributed by atoms with Crippen LogP contribution in [0.1, 0.15) is 103 Å². The number of thioether (sulfide) groups is 1. The number of unbranched alkanes of at least 4 members (excludes halogenated alkanes) is 2. The zero-order valence-corrected chi connectivity index (χ0v) is 32.2. The van der Waals surface area contributed by atoms with Crippen LogP contribution in [-0.4, -0.2) is 62.6 Å². The van der Waals surface area contributed by atoms with E-state index in [0.717, 1.165) is 67.5 Å². The number of hydrogen-bond donors (Lipinski definition) is 2. The van der Waals surface area contributed by atoms with Crippen molar-refractivity contribution in [3.63, 3.8) is 0 Å². The van der Waals surface area contributed by atoms with Gasteiger partial charge in [-0.15, -0.1) is 18.3 Å². The van der Waals surface area contributed by atoms with E-state index >= 15 is 0 Å². The van der Waals surface area contributed by atoms with Crippen molar-refractivity contribution in [2.45, 2.75) is 119 Å². The average molecular weight is 749 g/mol. The fraction of sp³-hybridized carbons (Fsp3) is 0.595. The monoisotopic (exact) mass is 748 g/mol. The highest BCUT2D eigenvalue weighted by atomic mass is 32.2. The maximum absolute atomic E-state index is 11.5. The maximum atomic E-state index is 11.5. The smallest absolute Gasteiger partial charge is 0.273 e. The SMILES string of the molecule is C=CCOC12Oc3ccc(Oc4cccc([N+](=O)[O-])c4)cc3C3C(CCCCO)C(CCCCO)C=C(C(=NOC(C)(C)C)CC1SC1CCCC1)C32. The Kier molecular flexibility index (Phi) is 12.9. The van der Waals surface area contributed by atoms with E-state index in [1.807, 2.05) is 50.7 Å². The number of aliphatic hydroxyl groups is 2. The molecule has 10 nitrogen and oxygen atoms in total. The van der Waals surface area contributed by atoms with Gasteiger partial charge >= 0.3 is 0 Å². The standard InChI is InChI=1S/C42H56N2O8S/c1-5-23-49-42-38(53-32-16-6-7-17-32)27-36(43-52-41(2,3)4)34-24-28(13-8-10-21-45)33(18-9-11-22-46)39(40(34)42)35-26-31(19-20-37(35)51-42)50-30-15-12-14-29(25-30)44(47)48/h5,12,14-15,19-20,24-26,28,32-33,38-40,45-46H,1,6-11,13,16-18,21-23,27H2,2-4H3. The summed E-state index contributed by atoms with van der Waals surface area (Å²) in [6, 6.07) is 12.1. The molecule has 2 fully saturated rings. The van der Waals surface area contributed by atoms with Gasteiger partial charge in [-0.2, -0.15) is 0 Å². The lowest BCUT2D eigenvalue weighted by atomic mass is 9.56. The van der Waals surface area contributed by atoms with Crippen LogP contribution in [0.5, 0.6) is 17.2 Å². The van der Waals surface area contributed by atoms with E-state index in [2.05, 4.69) is 12.7 Å². The highest BCUT2D eigenvalue weighted by molar-refractivity contribution is 8.00. The molecule has 2 aromatic carbocycles. The first-order valence-corrected chi connectivity index (χ1v) is 20.4. The molecule has 1 aliphatic heterocycles. The van der Waals surface area contributed by atoms with Gasteiger partial charge in [0, 0.05) is 42.4 Å². The van der Waals surface area contributed by atoms with Crippen LogP contribution in [0.25, 0.3) is 0 Å². The molecule has 3 aliphatic carbocycles. The number of fused-ring (bicyclic) bond motifs is 2. The number of nitro benzene ring substituents is 1. The highest BCUT2D eigenvalue weighted by Crippen LogP contribution is 2.63. The maximum Gasteiger partial charge on any atom is 0.273 e. The Hall–Kier alpha value is -3.38. The molecule has 2 aromatic rings. The van der Waals surface area contributed by atoms with Gasteiger partial charge in [-0.1, -0.05) is 49.1 Å². The van der Waals surface area contributed by atoms with Gasteiger partial charge in [0.2, 0.25) is 5.79 Å². The number of allylic oxidation sites excluding steroid dienone is 1. The molecule has 11 heteroatoms. The molecular weight excluding hydrogens is 693 g/mol. The minimum Gasteiger partial charge on any atom is -0.460 e. The Labute approximate surface area is 318 Å². The summed E-state index contributed by atoms with van der Waals surface area (Å²) < 4.78 is 20.7. The molecule has 6 rings (SSSR count). The van der Waals surface area contributed by atoms with Gasteiger partial charge in [-0.3, -0.25) is 10.1 Å². The number of hydrogen-bond acceptors (Lipinski definition) is 10. The van der Waals surface area contributed by atoms with E-state index in [4.69, 9.17) is 24.2 Å². The number of oxime groups is 1. The summed E-state index contributed by atoms with van der Waals surface area (Å²) in [6.07, 6.45) is 14.5. The van der Waals surface area contributed by atoms with Crippen LogP contribution < -0.4 is 9.47 Å². The molecule has 6 atom stereocenters. The molecule has 288 valence electrons. The number of rotatable bonds is 17. The lowest BCUT2D eigenvalue weighted by Gasteiger charge is -2.58. The molecule has 1 heterocycles. The summed E-state index contributed by atoms with van der Waals surface area (Å²) in [5.74, 6) is 0.702. The molecule has 0 radical (unpaired) electrons. The third-order valence-corrected chi connectivity index (χ3v) is 12.7. The van der Waals surface area contributed by atoms with Gasteiger partial charge in [0.25, 0.3) is 5.69 Å². The van der Waals surface area contributed by atoms with Crippen LogP contribution in [0.3, 0.4) is 0 Å². The Morgan fingerprint density at radius 2 is 1.79 bits per heavy atom. The molecule has 2 N–H and O–H groups in total. The number of non-ortho nitro benzene ring substituents is 1. The Morgan fingerprint density at radius 1 is 1.06 bits per heavy atom. The lowest BCUT2D eigenvalue weighted by Crippen LogP contribution is -2.64. The van der Waals surface area contributed by atoms with Gasteiger partial charge in [0.1, 0.15) is 22.8 Å². The summed E-state index contributed by atoms with van der Waals surface area (Å²) in [7, 11) is 0. The van der Waals surface area contributed by atoms with E-state index < -0.39 is 16.3 Å². The topological polar surface area (TPSA) is 133 Å². The molecule has 0 saturated heterocycles. The Bertz CT molecular complexity index is 1650. The normalized spacial score (nSPS) is 27.4.